The lowest BCUT2D eigenvalue weighted by molar-refractivity contribution is 0.345. The summed E-state index contributed by atoms with van der Waals surface area (Å²) in [5.41, 5.74) is 1.56. The van der Waals surface area contributed by atoms with Gasteiger partial charge < -0.3 is 10.3 Å². The van der Waals surface area contributed by atoms with Crippen molar-refractivity contribution in [3.05, 3.63) is 35.0 Å². The van der Waals surface area contributed by atoms with Crippen LogP contribution in [0.15, 0.2) is 18.3 Å². The van der Waals surface area contributed by atoms with E-state index in [9.17, 15) is 4.39 Å². The number of halogens is 2. The summed E-state index contributed by atoms with van der Waals surface area (Å²) >= 11 is 6.26. The molecule has 0 radical (unpaired) electrons. The number of aromatic nitrogens is 3. The zero-order valence-corrected chi connectivity index (χ0v) is 11.9. The van der Waals surface area contributed by atoms with Gasteiger partial charge in [-0.05, 0) is 37.6 Å². The molecule has 20 heavy (non-hydrogen) atoms. The van der Waals surface area contributed by atoms with Crippen LogP contribution in [-0.2, 0) is 0 Å². The zero-order valence-electron chi connectivity index (χ0n) is 11.2. The summed E-state index contributed by atoms with van der Waals surface area (Å²) in [6.07, 6.45) is 2.21. The smallest absolute Gasteiger partial charge is 0.158 e. The maximum Gasteiger partial charge on any atom is 0.158 e. The van der Waals surface area contributed by atoms with Crippen LogP contribution in [0.2, 0.25) is 5.15 Å². The van der Waals surface area contributed by atoms with Gasteiger partial charge in [0, 0.05) is 5.92 Å². The van der Waals surface area contributed by atoms with E-state index in [0.29, 0.717) is 28.5 Å². The van der Waals surface area contributed by atoms with Crippen molar-refractivity contribution in [2.45, 2.75) is 19.3 Å². The van der Waals surface area contributed by atoms with Crippen molar-refractivity contribution in [2.24, 2.45) is 5.92 Å². The van der Waals surface area contributed by atoms with Gasteiger partial charge in [0.2, 0.25) is 0 Å². The topological polar surface area (TPSA) is 53.6 Å². The number of nitrogens with zero attached hydrogens (tertiary/aromatic N) is 2. The van der Waals surface area contributed by atoms with Gasteiger partial charge in [0.15, 0.2) is 11.0 Å². The number of hydrogen-bond acceptors (Lipinski definition) is 3. The number of hydrogen-bond donors (Lipinski definition) is 2. The highest BCUT2D eigenvalue weighted by Gasteiger charge is 2.27. The third-order valence-corrected chi connectivity index (χ3v) is 4.10. The minimum atomic E-state index is -0.362. The molecule has 106 valence electrons. The van der Waals surface area contributed by atoms with Gasteiger partial charge in [-0.25, -0.2) is 14.4 Å². The lowest BCUT2D eigenvalue weighted by Gasteiger charge is -2.28. The summed E-state index contributed by atoms with van der Waals surface area (Å²) in [6, 6.07) is 2.96. The van der Waals surface area contributed by atoms with E-state index in [-0.39, 0.29) is 5.82 Å². The molecule has 2 aromatic heterocycles. The van der Waals surface area contributed by atoms with Gasteiger partial charge in [0.1, 0.15) is 11.5 Å². The van der Waals surface area contributed by atoms with Crippen molar-refractivity contribution in [1.82, 2.24) is 20.3 Å². The molecular formula is C14H16ClFN4. The average molecular weight is 295 g/mol. The predicted molar refractivity (Wildman–Crippen MR) is 76.2 cm³/mol. The van der Waals surface area contributed by atoms with Gasteiger partial charge in [-0.2, -0.15) is 0 Å². The maximum absolute atomic E-state index is 12.9. The van der Waals surface area contributed by atoms with Gasteiger partial charge in [0.25, 0.3) is 0 Å². The first kappa shape index (κ1) is 13.5. The number of imidazole rings is 1. The molecule has 3 rings (SSSR count). The Balaban J connectivity index is 1.92. The predicted octanol–water partition coefficient (Wildman–Crippen LogP) is 2.98. The number of nitrogens with one attached hydrogen (secondary N) is 2. The lowest BCUT2D eigenvalue weighted by Crippen LogP contribution is -2.34. The Bertz CT molecular complexity index is 596. The van der Waals surface area contributed by atoms with Crippen molar-refractivity contribution in [2.75, 3.05) is 13.1 Å². The normalized spacial score (nSPS) is 22.9. The van der Waals surface area contributed by atoms with Crippen molar-refractivity contribution in [1.29, 1.82) is 0 Å². The van der Waals surface area contributed by atoms with Gasteiger partial charge in [0.05, 0.1) is 11.9 Å². The molecule has 0 aliphatic carbocycles. The number of H-pyrrole nitrogens is 1. The molecule has 0 aromatic carbocycles. The Kier molecular flexibility index (Phi) is 3.72. The second kappa shape index (κ2) is 5.50. The SMILES string of the molecule is CC1CNCCC1c1[nH]c(-c2ccc(F)cn2)nc1Cl. The minimum absolute atomic E-state index is 0.362. The average Bonchev–Trinajstić information content (AvgIpc) is 2.82. The van der Waals surface area contributed by atoms with Crippen molar-refractivity contribution in [3.8, 4) is 11.5 Å². The van der Waals surface area contributed by atoms with E-state index in [0.717, 1.165) is 25.2 Å². The highest BCUT2D eigenvalue weighted by atomic mass is 35.5. The van der Waals surface area contributed by atoms with Crippen LogP contribution in [0, 0.1) is 11.7 Å². The van der Waals surface area contributed by atoms with E-state index in [2.05, 4.69) is 27.2 Å². The molecule has 1 fully saturated rings. The van der Waals surface area contributed by atoms with E-state index >= 15 is 0 Å². The molecule has 0 saturated carbocycles. The Labute approximate surface area is 121 Å². The zero-order chi connectivity index (χ0) is 14.1. The summed E-state index contributed by atoms with van der Waals surface area (Å²) in [5.74, 6) is 1.09. The van der Waals surface area contributed by atoms with Crippen LogP contribution < -0.4 is 5.32 Å². The quantitative estimate of drug-likeness (QED) is 0.895. The summed E-state index contributed by atoms with van der Waals surface area (Å²) in [4.78, 5) is 11.6. The van der Waals surface area contributed by atoms with E-state index in [1.807, 2.05) is 0 Å². The van der Waals surface area contributed by atoms with Gasteiger partial charge >= 0.3 is 0 Å². The molecule has 2 aromatic rings. The van der Waals surface area contributed by atoms with Gasteiger partial charge in [-0.3, -0.25) is 0 Å². The third kappa shape index (κ3) is 2.55. The molecule has 1 aliphatic rings. The first-order valence-electron chi connectivity index (χ1n) is 6.73. The second-order valence-electron chi connectivity index (χ2n) is 5.23. The minimum Gasteiger partial charge on any atom is -0.339 e. The molecular weight excluding hydrogens is 279 g/mol. The molecule has 2 unspecified atom stereocenters. The van der Waals surface area contributed by atoms with Crippen LogP contribution in [0.3, 0.4) is 0 Å². The molecule has 6 heteroatoms. The second-order valence-corrected chi connectivity index (χ2v) is 5.59. The van der Waals surface area contributed by atoms with E-state index in [4.69, 9.17) is 11.6 Å². The van der Waals surface area contributed by atoms with E-state index < -0.39 is 0 Å². The van der Waals surface area contributed by atoms with Crippen molar-refractivity contribution >= 4 is 11.6 Å². The summed E-state index contributed by atoms with van der Waals surface area (Å²) < 4.78 is 12.9. The Morgan fingerprint density at radius 3 is 2.95 bits per heavy atom. The largest absolute Gasteiger partial charge is 0.339 e. The monoisotopic (exact) mass is 294 g/mol. The third-order valence-electron chi connectivity index (χ3n) is 3.81. The lowest BCUT2D eigenvalue weighted by atomic mass is 9.86. The fourth-order valence-corrected chi connectivity index (χ4v) is 2.96. The summed E-state index contributed by atoms with van der Waals surface area (Å²) in [6.45, 7) is 4.16. The summed E-state index contributed by atoms with van der Waals surface area (Å²) in [5, 5.41) is 3.86. The first-order valence-corrected chi connectivity index (χ1v) is 7.11. The van der Waals surface area contributed by atoms with Gasteiger partial charge in [-0.15, -0.1) is 0 Å². The molecule has 1 aliphatic heterocycles. The molecule has 0 amide bonds. The number of aromatic amines is 1. The molecule has 0 spiro atoms. The highest BCUT2D eigenvalue weighted by molar-refractivity contribution is 6.30. The maximum atomic E-state index is 12.9. The fraction of sp³-hybridized carbons (Fsp3) is 0.429. The first-order chi connectivity index (χ1) is 9.65. The molecule has 2 N–H and O–H groups in total. The summed E-state index contributed by atoms with van der Waals surface area (Å²) in [7, 11) is 0. The Morgan fingerprint density at radius 1 is 1.40 bits per heavy atom. The molecule has 3 heterocycles. The van der Waals surface area contributed by atoms with Crippen molar-refractivity contribution in [3.63, 3.8) is 0 Å². The fourth-order valence-electron chi connectivity index (χ4n) is 2.69. The standard InChI is InChI=1S/C14H16ClFN4/c1-8-6-17-5-4-10(8)12-13(15)20-14(19-12)11-3-2-9(16)7-18-11/h2-3,7-8,10,17H,4-6H2,1H3,(H,19,20). The van der Waals surface area contributed by atoms with Crippen LogP contribution in [0.5, 0.6) is 0 Å². The van der Waals surface area contributed by atoms with Crippen LogP contribution >= 0.6 is 11.6 Å². The molecule has 0 bridgehead atoms. The van der Waals surface area contributed by atoms with Crippen LogP contribution in [-0.4, -0.2) is 28.0 Å². The van der Waals surface area contributed by atoms with E-state index in [1.165, 1.54) is 12.3 Å². The number of piperidine rings is 1. The number of pyridine rings is 1. The van der Waals surface area contributed by atoms with Crippen molar-refractivity contribution < 1.29 is 4.39 Å². The van der Waals surface area contributed by atoms with Gasteiger partial charge in [-0.1, -0.05) is 18.5 Å². The molecule has 2 atom stereocenters. The van der Waals surface area contributed by atoms with Crippen LogP contribution in [0.25, 0.3) is 11.5 Å². The van der Waals surface area contributed by atoms with E-state index in [1.54, 1.807) is 6.07 Å². The number of rotatable bonds is 2. The highest BCUT2D eigenvalue weighted by Crippen LogP contribution is 2.34. The van der Waals surface area contributed by atoms with Crippen LogP contribution in [0.1, 0.15) is 25.0 Å². The Morgan fingerprint density at radius 2 is 2.25 bits per heavy atom. The van der Waals surface area contributed by atoms with Crippen LogP contribution in [0.4, 0.5) is 4.39 Å². The Hall–Kier alpha value is -1.46. The molecule has 4 nitrogen and oxygen atoms in total. The molecule has 1 saturated heterocycles.